The average molecular weight is 355 g/mol. The van der Waals surface area contributed by atoms with Crippen LogP contribution >= 0.6 is 12.2 Å². The molecule has 0 unspecified atom stereocenters. The van der Waals surface area contributed by atoms with Gasteiger partial charge in [-0.25, -0.2) is 0 Å². The van der Waals surface area contributed by atoms with E-state index in [-0.39, 0.29) is 0 Å². The van der Waals surface area contributed by atoms with Crippen LogP contribution in [-0.2, 0) is 6.42 Å². The van der Waals surface area contributed by atoms with Gasteiger partial charge in [0.05, 0.1) is 19.9 Å². The summed E-state index contributed by atoms with van der Waals surface area (Å²) in [4.78, 5) is 0. The number of benzene rings is 2. The molecule has 0 radical (unpaired) electrons. The SMILES string of the molecule is COc1ccc(NC(=S)NN=C2CCCc3cc(OC)ccc32)cc1. The zero-order chi connectivity index (χ0) is 17.6. The highest BCUT2D eigenvalue weighted by atomic mass is 32.1. The highest BCUT2D eigenvalue weighted by Gasteiger charge is 2.16. The molecule has 0 amide bonds. The Morgan fingerprint density at radius 1 is 1.00 bits per heavy atom. The van der Waals surface area contributed by atoms with Crippen molar-refractivity contribution in [3.8, 4) is 11.5 Å². The summed E-state index contributed by atoms with van der Waals surface area (Å²) >= 11 is 5.32. The Kier molecular flexibility index (Phi) is 5.50. The van der Waals surface area contributed by atoms with Crippen molar-refractivity contribution in [3.05, 3.63) is 53.6 Å². The first kappa shape index (κ1) is 17.2. The molecule has 2 aromatic carbocycles. The third-order valence-electron chi connectivity index (χ3n) is 4.12. The number of rotatable bonds is 4. The highest BCUT2D eigenvalue weighted by Crippen LogP contribution is 2.25. The Balaban J connectivity index is 1.66. The lowest BCUT2D eigenvalue weighted by atomic mass is 9.90. The van der Waals surface area contributed by atoms with E-state index in [1.165, 1.54) is 5.56 Å². The van der Waals surface area contributed by atoms with Crippen molar-refractivity contribution in [1.29, 1.82) is 0 Å². The molecule has 0 aromatic heterocycles. The summed E-state index contributed by atoms with van der Waals surface area (Å²) in [6, 6.07) is 13.7. The summed E-state index contributed by atoms with van der Waals surface area (Å²) in [6.45, 7) is 0. The second kappa shape index (κ2) is 7.98. The highest BCUT2D eigenvalue weighted by molar-refractivity contribution is 7.80. The molecule has 2 aromatic rings. The fourth-order valence-electron chi connectivity index (χ4n) is 2.83. The molecule has 0 heterocycles. The van der Waals surface area contributed by atoms with E-state index in [1.807, 2.05) is 30.3 Å². The molecular weight excluding hydrogens is 334 g/mol. The van der Waals surface area contributed by atoms with Crippen molar-refractivity contribution in [1.82, 2.24) is 5.43 Å². The number of ether oxygens (including phenoxy) is 2. The minimum Gasteiger partial charge on any atom is -0.497 e. The van der Waals surface area contributed by atoms with Gasteiger partial charge in [-0.2, -0.15) is 5.10 Å². The van der Waals surface area contributed by atoms with E-state index in [0.717, 1.165) is 47.7 Å². The van der Waals surface area contributed by atoms with Crippen LogP contribution in [0.3, 0.4) is 0 Å². The van der Waals surface area contributed by atoms with Crippen molar-refractivity contribution in [2.45, 2.75) is 19.3 Å². The maximum atomic E-state index is 5.32. The van der Waals surface area contributed by atoms with E-state index in [4.69, 9.17) is 21.7 Å². The van der Waals surface area contributed by atoms with Crippen molar-refractivity contribution < 1.29 is 9.47 Å². The first-order valence-electron chi connectivity index (χ1n) is 8.14. The second-order valence-corrected chi connectivity index (χ2v) is 6.14. The van der Waals surface area contributed by atoms with E-state index >= 15 is 0 Å². The predicted octanol–water partition coefficient (Wildman–Crippen LogP) is 3.73. The smallest absolute Gasteiger partial charge is 0.191 e. The molecular formula is C19H21N3O2S. The molecule has 3 rings (SSSR count). The van der Waals surface area contributed by atoms with Crippen molar-refractivity contribution in [2.75, 3.05) is 19.5 Å². The number of fused-ring (bicyclic) bond motifs is 1. The van der Waals surface area contributed by atoms with E-state index in [0.29, 0.717) is 5.11 Å². The summed E-state index contributed by atoms with van der Waals surface area (Å²) in [7, 11) is 3.33. The largest absolute Gasteiger partial charge is 0.497 e. The normalized spacial score (nSPS) is 14.6. The molecule has 0 fully saturated rings. The Labute approximate surface area is 153 Å². The number of methoxy groups -OCH3 is 2. The molecule has 6 heteroatoms. The number of thiocarbonyl (C=S) groups is 1. The number of nitrogens with one attached hydrogen (secondary N) is 2. The van der Waals surface area contributed by atoms with Crippen LogP contribution in [0.1, 0.15) is 24.0 Å². The van der Waals surface area contributed by atoms with Crippen molar-refractivity contribution in [3.63, 3.8) is 0 Å². The van der Waals surface area contributed by atoms with Crippen LogP contribution in [0.4, 0.5) is 5.69 Å². The van der Waals surface area contributed by atoms with Gasteiger partial charge in [0.25, 0.3) is 0 Å². The number of hydrogen-bond acceptors (Lipinski definition) is 4. The van der Waals surface area contributed by atoms with Gasteiger partial charge in [-0.3, -0.25) is 5.43 Å². The van der Waals surface area contributed by atoms with Crippen LogP contribution in [0.15, 0.2) is 47.6 Å². The van der Waals surface area contributed by atoms with Gasteiger partial charge in [0, 0.05) is 11.3 Å². The lowest BCUT2D eigenvalue weighted by Gasteiger charge is -2.19. The van der Waals surface area contributed by atoms with Gasteiger partial charge in [0.15, 0.2) is 5.11 Å². The average Bonchev–Trinajstić information content (AvgIpc) is 2.66. The molecule has 0 saturated carbocycles. The Morgan fingerprint density at radius 2 is 1.72 bits per heavy atom. The number of nitrogens with zero attached hydrogens (tertiary/aromatic N) is 1. The van der Waals surface area contributed by atoms with E-state index in [9.17, 15) is 0 Å². The second-order valence-electron chi connectivity index (χ2n) is 5.73. The number of aryl methyl sites for hydroxylation is 1. The molecule has 5 nitrogen and oxygen atoms in total. The predicted molar refractivity (Wildman–Crippen MR) is 105 cm³/mol. The van der Waals surface area contributed by atoms with Crippen LogP contribution < -0.4 is 20.2 Å². The molecule has 0 saturated heterocycles. The van der Waals surface area contributed by atoms with E-state index in [2.05, 4.69) is 28.0 Å². The van der Waals surface area contributed by atoms with Crippen LogP contribution in [-0.4, -0.2) is 25.0 Å². The van der Waals surface area contributed by atoms with Gasteiger partial charge in [-0.05, 0) is 79.5 Å². The van der Waals surface area contributed by atoms with Gasteiger partial charge in [-0.15, -0.1) is 0 Å². The third kappa shape index (κ3) is 4.28. The summed E-state index contributed by atoms with van der Waals surface area (Å²) in [5.41, 5.74) is 7.27. The minimum absolute atomic E-state index is 0.457. The monoisotopic (exact) mass is 355 g/mol. The Hall–Kier alpha value is -2.60. The van der Waals surface area contributed by atoms with Crippen LogP contribution in [0, 0.1) is 0 Å². The lowest BCUT2D eigenvalue weighted by Crippen LogP contribution is -2.26. The fourth-order valence-corrected chi connectivity index (χ4v) is 3.00. The van der Waals surface area contributed by atoms with Crippen LogP contribution in [0.2, 0.25) is 0 Å². The molecule has 2 N–H and O–H groups in total. The first-order valence-corrected chi connectivity index (χ1v) is 8.55. The molecule has 1 aliphatic carbocycles. The Bertz CT molecular complexity index is 788. The van der Waals surface area contributed by atoms with Crippen LogP contribution in [0.5, 0.6) is 11.5 Å². The molecule has 130 valence electrons. The zero-order valence-corrected chi connectivity index (χ0v) is 15.2. The molecule has 0 aliphatic heterocycles. The third-order valence-corrected chi connectivity index (χ3v) is 4.32. The van der Waals surface area contributed by atoms with Gasteiger partial charge >= 0.3 is 0 Å². The number of anilines is 1. The number of hydrogen-bond donors (Lipinski definition) is 2. The maximum Gasteiger partial charge on any atom is 0.191 e. The van der Waals surface area contributed by atoms with E-state index < -0.39 is 0 Å². The summed E-state index contributed by atoms with van der Waals surface area (Å²) in [5.74, 6) is 1.68. The maximum absolute atomic E-state index is 5.32. The van der Waals surface area contributed by atoms with Crippen molar-refractivity contribution in [2.24, 2.45) is 5.10 Å². The zero-order valence-electron chi connectivity index (χ0n) is 14.3. The lowest BCUT2D eigenvalue weighted by molar-refractivity contribution is 0.414. The van der Waals surface area contributed by atoms with Gasteiger partial charge in [0.2, 0.25) is 0 Å². The van der Waals surface area contributed by atoms with Gasteiger partial charge < -0.3 is 14.8 Å². The summed E-state index contributed by atoms with van der Waals surface area (Å²) in [6.07, 6.45) is 3.04. The van der Waals surface area contributed by atoms with Gasteiger partial charge in [0.1, 0.15) is 11.5 Å². The van der Waals surface area contributed by atoms with E-state index in [1.54, 1.807) is 14.2 Å². The Morgan fingerprint density at radius 3 is 2.44 bits per heavy atom. The topological polar surface area (TPSA) is 54.9 Å². The van der Waals surface area contributed by atoms with Crippen LogP contribution in [0.25, 0.3) is 0 Å². The summed E-state index contributed by atoms with van der Waals surface area (Å²) in [5, 5.41) is 8.08. The van der Waals surface area contributed by atoms with Crippen molar-refractivity contribution >= 4 is 28.7 Å². The minimum atomic E-state index is 0.457. The number of hydrazone groups is 1. The molecule has 25 heavy (non-hydrogen) atoms. The molecule has 0 spiro atoms. The standard InChI is InChI=1S/C19H21N3O2S/c1-23-15-8-6-14(7-9-15)20-19(25)22-21-18-5-3-4-13-12-16(24-2)10-11-17(13)18/h6-12H,3-5H2,1-2H3,(H2,20,22,25). The molecule has 0 bridgehead atoms. The molecule has 1 aliphatic rings. The first-order chi connectivity index (χ1) is 12.2. The molecule has 0 atom stereocenters. The van der Waals surface area contributed by atoms with Gasteiger partial charge in [-0.1, -0.05) is 0 Å². The fraction of sp³-hybridized carbons (Fsp3) is 0.263. The summed E-state index contributed by atoms with van der Waals surface area (Å²) < 4.78 is 10.4. The quantitative estimate of drug-likeness (QED) is 0.646.